The predicted octanol–water partition coefficient (Wildman–Crippen LogP) is 4.30. The summed E-state index contributed by atoms with van der Waals surface area (Å²) in [5.74, 6) is 0.986. The van der Waals surface area contributed by atoms with E-state index in [-0.39, 0.29) is 12.3 Å². The zero-order valence-electron chi connectivity index (χ0n) is 10.5. The van der Waals surface area contributed by atoms with Gasteiger partial charge in [0.2, 0.25) is 0 Å². The maximum absolute atomic E-state index is 12.0. The quantitative estimate of drug-likeness (QED) is 0.773. The molecular formula is C13H23F3O. The average Bonchev–Trinajstić information content (AvgIpc) is 2.27. The smallest absolute Gasteiger partial charge is 0.389 e. The van der Waals surface area contributed by atoms with Crippen LogP contribution in [-0.2, 0) is 0 Å². The molecule has 0 aromatic heterocycles. The van der Waals surface area contributed by atoms with Crippen LogP contribution in [0.5, 0.6) is 0 Å². The Bertz CT molecular complexity index is 207. The Morgan fingerprint density at radius 3 is 2.24 bits per heavy atom. The van der Waals surface area contributed by atoms with E-state index in [1.165, 1.54) is 6.42 Å². The van der Waals surface area contributed by atoms with Crippen LogP contribution >= 0.6 is 0 Å². The maximum Gasteiger partial charge on any atom is 0.389 e. The van der Waals surface area contributed by atoms with Crippen LogP contribution in [0.15, 0.2) is 0 Å². The first-order chi connectivity index (χ1) is 7.92. The highest BCUT2D eigenvalue weighted by atomic mass is 19.4. The second-order valence-electron chi connectivity index (χ2n) is 5.26. The van der Waals surface area contributed by atoms with E-state index in [0.29, 0.717) is 6.42 Å². The summed E-state index contributed by atoms with van der Waals surface area (Å²) in [4.78, 5) is 0. The van der Waals surface area contributed by atoms with Crippen LogP contribution in [0.3, 0.4) is 0 Å². The molecule has 4 heteroatoms. The molecule has 0 saturated heterocycles. The van der Waals surface area contributed by atoms with Gasteiger partial charge >= 0.3 is 6.18 Å². The molecule has 17 heavy (non-hydrogen) atoms. The number of aliphatic hydroxyl groups excluding tert-OH is 1. The van der Waals surface area contributed by atoms with Gasteiger partial charge in [0.1, 0.15) is 0 Å². The Kier molecular flexibility index (Phi) is 5.77. The Labute approximate surface area is 101 Å². The molecule has 0 spiro atoms. The summed E-state index contributed by atoms with van der Waals surface area (Å²) in [5, 5.41) is 9.86. The molecule has 0 heterocycles. The summed E-state index contributed by atoms with van der Waals surface area (Å²) >= 11 is 0. The van der Waals surface area contributed by atoms with Gasteiger partial charge in [0.25, 0.3) is 0 Å². The van der Waals surface area contributed by atoms with Gasteiger partial charge in [-0.1, -0.05) is 26.2 Å². The molecule has 102 valence electrons. The predicted molar refractivity (Wildman–Crippen MR) is 61.7 cm³/mol. The van der Waals surface area contributed by atoms with Gasteiger partial charge in [0.15, 0.2) is 0 Å². The van der Waals surface area contributed by atoms with Gasteiger partial charge < -0.3 is 5.11 Å². The monoisotopic (exact) mass is 252 g/mol. The summed E-state index contributed by atoms with van der Waals surface area (Å²) in [6.45, 7) is 2.17. The lowest BCUT2D eigenvalue weighted by Crippen LogP contribution is -2.26. The van der Waals surface area contributed by atoms with Gasteiger partial charge in [-0.2, -0.15) is 13.2 Å². The van der Waals surface area contributed by atoms with Crippen LogP contribution in [0.25, 0.3) is 0 Å². The summed E-state index contributed by atoms with van der Waals surface area (Å²) < 4.78 is 35.9. The minimum atomic E-state index is -4.08. The molecule has 1 saturated carbocycles. The van der Waals surface area contributed by atoms with E-state index in [4.69, 9.17) is 0 Å². The SMILES string of the molecule is CCC1CCC(C(O)CCCC(F)(F)F)CC1. The van der Waals surface area contributed by atoms with E-state index in [2.05, 4.69) is 6.92 Å². The molecule has 1 nitrogen and oxygen atoms in total. The van der Waals surface area contributed by atoms with Crippen LogP contribution in [0, 0.1) is 11.8 Å². The number of rotatable bonds is 5. The second kappa shape index (κ2) is 6.62. The zero-order valence-corrected chi connectivity index (χ0v) is 10.5. The lowest BCUT2D eigenvalue weighted by molar-refractivity contribution is -0.136. The molecule has 0 radical (unpaired) electrons. The fourth-order valence-electron chi connectivity index (χ4n) is 2.73. The van der Waals surface area contributed by atoms with E-state index in [0.717, 1.165) is 31.6 Å². The van der Waals surface area contributed by atoms with Gasteiger partial charge in [-0.25, -0.2) is 0 Å². The maximum atomic E-state index is 12.0. The lowest BCUT2D eigenvalue weighted by Gasteiger charge is -2.31. The molecule has 1 N–H and O–H groups in total. The van der Waals surface area contributed by atoms with Crippen molar-refractivity contribution in [1.29, 1.82) is 0 Å². The zero-order chi connectivity index (χ0) is 12.9. The molecule has 1 aliphatic rings. The molecule has 0 amide bonds. The third-order valence-electron chi connectivity index (χ3n) is 3.97. The standard InChI is InChI=1S/C13H23F3O/c1-2-10-5-7-11(8-6-10)12(17)4-3-9-13(14,15)16/h10-12,17H,2-9H2,1H3. The van der Waals surface area contributed by atoms with Crippen molar-refractivity contribution in [2.24, 2.45) is 11.8 Å². The number of aliphatic hydroxyl groups is 1. The highest BCUT2D eigenvalue weighted by Crippen LogP contribution is 2.34. The fraction of sp³-hybridized carbons (Fsp3) is 1.00. The molecule has 1 rings (SSSR count). The summed E-state index contributed by atoms with van der Waals surface area (Å²) in [5.41, 5.74) is 0. The van der Waals surface area contributed by atoms with Crippen molar-refractivity contribution in [3.05, 3.63) is 0 Å². The summed E-state index contributed by atoms with van der Waals surface area (Å²) in [6.07, 6.45) is 0.339. The molecular weight excluding hydrogens is 229 g/mol. The fourth-order valence-corrected chi connectivity index (χ4v) is 2.73. The first-order valence-corrected chi connectivity index (χ1v) is 6.67. The Morgan fingerprint density at radius 2 is 1.76 bits per heavy atom. The molecule has 0 aromatic carbocycles. The average molecular weight is 252 g/mol. The van der Waals surface area contributed by atoms with Gasteiger partial charge in [0.05, 0.1) is 6.10 Å². The van der Waals surface area contributed by atoms with Crippen LogP contribution in [0.4, 0.5) is 13.2 Å². The third kappa shape index (κ3) is 5.75. The summed E-state index contributed by atoms with van der Waals surface area (Å²) in [6, 6.07) is 0. The van der Waals surface area contributed by atoms with Crippen molar-refractivity contribution in [1.82, 2.24) is 0 Å². The van der Waals surface area contributed by atoms with Crippen molar-refractivity contribution in [2.45, 2.75) is 70.6 Å². The van der Waals surface area contributed by atoms with Crippen LogP contribution in [-0.4, -0.2) is 17.4 Å². The van der Waals surface area contributed by atoms with Crippen molar-refractivity contribution in [2.75, 3.05) is 0 Å². The molecule has 0 aliphatic heterocycles. The highest BCUT2D eigenvalue weighted by molar-refractivity contribution is 4.77. The second-order valence-corrected chi connectivity index (χ2v) is 5.26. The number of halogens is 3. The van der Waals surface area contributed by atoms with Crippen molar-refractivity contribution in [3.63, 3.8) is 0 Å². The van der Waals surface area contributed by atoms with E-state index in [1.54, 1.807) is 0 Å². The Hall–Kier alpha value is -0.250. The molecule has 1 unspecified atom stereocenters. The molecule has 1 fully saturated rings. The number of alkyl halides is 3. The van der Waals surface area contributed by atoms with Gasteiger partial charge in [0, 0.05) is 6.42 Å². The first kappa shape index (κ1) is 14.8. The highest BCUT2D eigenvalue weighted by Gasteiger charge is 2.29. The van der Waals surface area contributed by atoms with Crippen molar-refractivity contribution in [3.8, 4) is 0 Å². The molecule has 1 aliphatic carbocycles. The van der Waals surface area contributed by atoms with E-state index in [9.17, 15) is 18.3 Å². The minimum Gasteiger partial charge on any atom is -0.393 e. The van der Waals surface area contributed by atoms with E-state index in [1.807, 2.05) is 0 Å². The minimum absolute atomic E-state index is 0.0539. The molecule has 0 aromatic rings. The Balaban J connectivity index is 2.18. The van der Waals surface area contributed by atoms with Gasteiger partial charge in [-0.05, 0) is 37.5 Å². The number of hydrogen-bond donors (Lipinski definition) is 1. The molecule has 1 atom stereocenters. The lowest BCUT2D eigenvalue weighted by atomic mass is 9.77. The Morgan fingerprint density at radius 1 is 1.18 bits per heavy atom. The van der Waals surface area contributed by atoms with Gasteiger partial charge in [-0.15, -0.1) is 0 Å². The van der Waals surface area contributed by atoms with Crippen LogP contribution in [0.1, 0.15) is 58.3 Å². The molecule has 0 bridgehead atoms. The van der Waals surface area contributed by atoms with E-state index >= 15 is 0 Å². The van der Waals surface area contributed by atoms with E-state index < -0.39 is 18.7 Å². The normalized spacial score (nSPS) is 28.1. The topological polar surface area (TPSA) is 20.2 Å². The van der Waals surface area contributed by atoms with Crippen LogP contribution in [0.2, 0.25) is 0 Å². The largest absolute Gasteiger partial charge is 0.393 e. The van der Waals surface area contributed by atoms with Gasteiger partial charge in [-0.3, -0.25) is 0 Å². The van der Waals surface area contributed by atoms with Crippen molar-refractivity contribution >= 4 is 0 Å². The summed E-state index contributed by atoms with van der Waals surface area (Å²) in [7, 11) is 0. The number of hydrogen-bond acceptors (Lipinski definition) is 1. The third-order valence-corrected chi connectivity index (χ3v) is 3.97. The van der Waals surface area contributed by atoms with Crippen LogP contribution < -0.4 is 0 Å². The first-order valence-electron chi connectivity index (χ1n) is 6.67. The van der Waals surface area contributed by atoms with Crippen molar-refractivity contribution < 1.29 is 18.3 Å².